The van der Waals surface area contributed by atoms with Gasteiger partial charge in [0.25, 0.3) is 0 Å². The summed E-state index contributed by atoms with van der Waals surface area (Å²) in [6, 6.07) is 7.18. The maximum atomic E-state index is 9.49. The number of benzene rings is 2. The van der Waals surface area contributed by atoms with Crippen LogP contribution < -0.4 is 0 Å². The topological polar surface area (TPSA) is 69.1 Å². The smallest absolute Gasteiger partial charge is 0.118 e. The largest absolute Gasteiger partial charge is 0.508 e. The molecule has 0 fully saturated rings. The fourth-order valence-electron chi connectivity index (χ4n) is 2.20. The second-order valence-corrected chi connectivity index (χ2v) is 6.36. The highest BCUT2D eigenvalue weighted by Crippen LogP contribution is 2.41. The number of nitrogens with zero attached hydrogens (tertiary/aromatic N) is 1. The number of phenolic OH excluding ortho intramolecular Hbond substituents is 2. The van der Waals surface area contributed by atoms with E-state index < -0.39 is 0 Å². The summed E-state index contributed by atoms with van der Waals surface area (Å²) in [6.45, 7) is 0. The molecule has 2 aromatic carbocycles. The molecule has 4 nitrogen and oxygen atoms in total. The molecule has 0 atom stereocenters. The predicted octanol–water partition coefficient (Wildman–Crippen LogP) is 5.77. The molecule has 0 saturated heterocycles. The fraction of sp³-hybridized carbons (Fsp3) is 0. The summed E-state index contributed by atoms with van der Waals surface area (Å²) in [5, 5.41) is 27.0. The average Bonchev–Trinajstić information content (AvgIpc) is 2.85. The lowest BCUT2D eigenvalue weighted by Gasteiger charge is -2.05. The highest BCUT2D eigenvalue weighted by Gasteiger charge is 2.17. The van der Waals surface area contributed by atoms with E-state index in [-0.39, 0.29) is 31.6 Å². The van der Waals surface area contributed by atoms with Crippen LogP contribution in [-0.4, -0.2) is 20.4 Å². The molecule has 0 unspecified atom stereocenters. The lowest BCUT2D eigenvalue weighted by molar-refractivity contribution is 0.475. The van der Waals surface area contributed by atoms with E-state index in [0.29, 0.717) is 22.5 Å². The van der Waals surface area contributed by atoms with E-state index in [1.165, 1.54) is 24.3 Å². The van der Waals surface area contributed by atoms with E-state index >= 15 is 0 Å². The third kappa shape index (κ3) is 3.08. The van der Waals surface area contributed by atoms with Crippen molar-refractivity contribution in [3.05, 3.63) is 50.4 Å². The summed E-state index contributed by atoms with van der Waals surface area (Å²) in [4.78, 5) is 0. The van der Waals surface area contributed by atoms with E-state index in [4.69, 9.17) is 46.4 Å². The van der Waals surface area contributed by atoms with E-state index in [1.54, 1.807) is 6.07 Å². The van der Waals surface area contributed by atoms with E-state index in [9.17, 15) is 10.2 Å². The van der Waals surface area contributed by atoms with Crippen molar-refractivity contribution in [3.63, 3.8) is 0 Å². The summed E-state index contributed by atoms with van der Waals surface area (Å²) in [7, 11) is 0. The van der Waals surface area contributed by atoms with Crippen LogP contribution in [0, 0.1) is 0 Å². The standard InChI is InChI=1S/C15H8Cl4N2O2/c16-8-1-6(22)2-9(17)14(8)12-5-13(21-20-12)15-10(18)3-7(23)4-11(15)19/h1-5,22-23H,(H,20,21). The van der Waals surface area contributed by atoms with Crippen molar-refractivity contribution in [3.8, 4) is 34.0 Å². The summed E-state index contributed by atoms with van der Waals surface area (Å²) in [5.41, 5.74) is 1.97. The van der Waals surface area contributed by atoms with Crippen LogP contribution in [0.2, 0.25) is 20.1 Å². The Morgan fingerprint density at radius 2 is 1.13 bits per heavy atom. The molecular formula is C15H8Cl4N2O2. The van der Waals surface area contributed by atoms with Crippen molar-refractivity contribution in [1.29, 1.82) is 0 Å². The Balaban J connectivity index is 2.13. The van der Waals surface area contributed by atoms with Crippen molar-refractivity contribution in [2.24, 2.45) is 0 Å². The molecule has 1 aromatic heterocycles. The number of hydrogen-bond acceptors (Lipinski definition) is 3. The second kappa shape index (κ2) is 6.13. The molecule has 23 heavy (non-hydrogen) atoms. The minimum atomic E-state index is -0.0378. The first-order valence-electron chi connectivity index (χ1n) is 6.29. The Labute approximate surface area is 151 Å². The number of phenols is 2. The molecule has 0 bridgehead atoms. The Kier molecular flexibility index (Phi) is 4.34. The van der Waals surface area contributed by atoms with Crippen LogP contribution >= 0.6 is 46.4 Å². The zero-order valence-electron chi connectivity index (χ0n) is 11.2. The van der Waals surface area contributed by atoms with Gasteiger partial charge in [-0.2, -0.15) is 5.10 Å². The summed E-state index contributed by atoms with van der Waals surface area (Å²) >= 11 is 24.5. The molecular weight excluding hydrogens is 382 g/mol. The molecule has 0 amide bonds. The van der Waals surface area contributed by atoms with Gasteiger partial charge in [0.05, 0.1) is 31.5 Å². The van der Waals surface area contributed by atoms with Gasteiger partial charge in [-0.3, -0.25) is 5.10 Å². The summed E-state index contributed by atoms with van der Waals surface area (Å²) in [5.74, 6) is -0.0720. The van der Waals surface area contributed by atoms with Crippen molar-refractivity contribution >= 4 is 46.4 Å². The zero-order chi connectivity index (χ0) is 16.7. The first kappa shape index (κ1) is 16.3. The van der Waals surface area contributed by atoms with Gasteiger partial charge in [-0.05, 0) is 30.3 Å². The van der Waals surface area contributed by atoms with Crippen LogP contribution in [0.5, 0.6) is 11.5 Å². The molecule has 3 N–H and O–H groups in total. The number of aromatic hydroxyl groups is 2. The number of rotatable bonds is 2. The molecule has 0 saturated carbocycles. The minimum absolute atomic E-state index is 0.0342. The molecule has 0 radical (unpaired) electrons. The molecule has 0 aliphatic heterocycles. The van der Waals surface area contributed by atoms with Gasteiger partial charge in [0.2, 0.25) is 0 Å². The third-order valence-electron chi connectivity index (χ3n) is 3.16. The number of halogens is 4. The number of nitrogens with one attached hydrogen (secondary N) is 1. The van der Waals surface area contributed by atoms with Crippen molar-refractivity contribution in [2.45, 2.75) is 0 Å². The fourth-order valence-corrected chi connectivity index (χ4v) is 3.55. The maximum absolute atomic E-state index is 9.49. The van der Waals surface area contributed by atoms with Crippen LogP contribution in [0.25, 0.3) is 22.5 Å². The predicted molar refractivity (Wildman–Crippen MR) is 92.8 cm³/mol. The van der Waals surface area contributed by atoms with E-state index in [1.807, 2.05) is 0 Å². The van der Waals surface area contributed by atoms with Gasteiger partial charge in [0, 0.05) is 11.1 Å². The van der Waals surface area contributed by atoms with Gasteiger partial charge in [0.15, 0.2) is 0 Å². The SMILES string of the molecule is Oc1cc(Cl)c(-c2cc(-c3c(Cl)cc(O)cc3Cl)[nH]n2)c(Cl)c1. The number of aromatic nitrogens is 2. The minimum Gasteiger partial charge on any atom is -0.508 e. The van der Waals surface area contributed by atoms with Gasteiger partial charge in [0.1, 0.15) is 11.5 Å². The Bertz CT molecular complexity index is 790. The van der Waals surface area contributed by atoms with Crippen LogP contribution in [0.1, 0.15) is 0 Å². The first-order valence-corrected chi connectivity index (χ1v) is 7.80. The van der Waals surface area contributed by atoms with Crippen molar-refractivity contribution < 1.29 is 10.2 Å². The number of aromatic amines is 1. The second-order valence-electron chi connectivity index (χ2n) is 4.74. The Morgan fingerprint density at radius 3 is 1.61 bits per heavy atom. The van der Waals surface area contributed by atoms with Gasteiger partial charge >= 0.3 is 0 Å². The van der Waals surface area contributed by atoms with Gasteiger partial charge < -0.3 is 10.2 Å². The molecule has 8 heteroatoms. The Hall–Kier alpha value is -1.59. The molecule has 1 heterocycles. The van der Waals surface area contributed by atoms with Gasteiger partial charge in [-0.1, -0.05) is 46.4 Å². The monoisotopic (exact) mass is 388 g/mol. The van der Waals surface area contributed by atoms with Crippen LogP contribution in [0.15, 0.2) is 30.3 Å². The first-order chi connectivity index (χ1) is 10.9. The normalized spacial score (nSPS) is 11.0. The maximum Gasteiger partial charge on any atom is 0.118 e. The summed E-state index contributed by atoms with van der Waals surface area (Å²) < 4.78 is 0. The van der Waals surface area contributed by atoms with Gasteiger partial charge in [-0.15, -0.1) is 0 Å². The van der Waals surface area contributed by atoms with Crippen LogP contribution in [0.4, 0.5) is 0 Å². The van der Waals surface area contributed by atoms with Crippen molar-refractivity contribution in [2.75, 3.05) is 0 Å². The molecule has 3 rings (SSSR count). The number of H-pyrrole nitrogens is 1. The van der Waals surface area contributed by atoms with Gasteiger partial charge in [-0.25, -0.2) is 0 Å². The third-order valence-corrected chi connectivity index (χ3v) is 4.35. The van der Waals surface area contributed by atoms with E-state index in [0.717, 1.165) is 0 Å². The molecule has 0 spiro atoms. The molecule has 0 aliphatic carbocycles. The lowest BCUT2D eigenvalue weighted by atomic mass is 10.1. The lowest BCUT2D eigenvalue weighted by Crippen LogP contribution is -1.82. The van der Waals surface area contributed by atoms with Crippen molar-refractivity contribution in [1.82, 2.24) is 10.2 Å². The zero-order valence-corrected chi connectivity index (χ0v) is 14.3. The summed E-state index contributed by atoms with van der Waals surface area (Å²) in [6.07, 6.45) is 0. The van der Waals surface area contributed by atoms with E-state index in [2.05, 4.69) is 10.2 Å². The molecule has 0 aliphatic rings. The quantitative estimate of drug-likeness (QED) is 0.521. The highest BCUT2D eigenvalue weighted by atomic mass is 35.5. The molecule has 118 valence electrons. The highest BCUT2D eigenvalue weighted by molar-refractivity contribution is 6.40. The molecule has 3 aromatic rings. The van der Waals surface area contributed by atoms with Crippen LogP contribution in [0.3, 0.4) is 0 Å². The van der Waals surface area contributed by atoms with Crippen LogP contribution in [-0.2, 0) is 0 Å². The average molecular weight is 390 g/mol. The number of hydrogen-bond donors (Lipinski definition) is 3. The Morgan fingerprint density at radius 1 is 0.696 bits per heavy atom.